The van der Waals surface area contributed by atoms with Gasteiger partial charge >= 0.3 is 0 Å². The average molecular weight is 382 g/mol. The molecule has 1 saturated carbocycles. The Morgan fingerprint density at radius 3 is 2.32 bits per heavy atom. The van der Waals surface area contributed by atoms with Gasteiger partial charge in [0.2, 0.25) is 5.91 Å². The Morgan fingerprint density at radius 1 is 1.24 bits per heavy atom. The lowest BCUT2D eigenvalue weighted by Gasteiger charge is -2.16. The molecule has 0 spiro atoms. The highest BCUT2D eigenvalue weighted by Crippen LogP contribution is 2.47. The van der Waals surface area contributed by atoms with E-state index in [1.165, 1.54) is 24.3 Å². The van der Waals surface area contributed by atoms with E-state index in [-0.39, 0.29) is 10.3 Å². The lowest BCUT2D eigenvalue weighted by atomic mass is 9.92. The first-order chi connectivity index (χ1) is 11.6. The van der Waals surface area contributed by atoms with Crippen molar-refractivity contribution in [3.8, 4) is 0 Å². The Balaban J connectivity index is 1.84. The summed E-state index contributed by atoms with van der Waals surface area (Å²) in [6, 6.07) is 7.59. The second-order valence-corrected chi connectivity index (χ2v) is 10.0. The third-order valence-electron chi connectivity index (χ3n) is 4.38. The minimum absolute atomic E-state index is 0.0990. The normalized spacial score (nSPS) is 16.5. The SMILES string of the molecule is CC(C)(C)c1cc(NC(=O)C2(S(=O)(=O)c3ccc(Cl)cc3)CC2)n[nH]1. The van der Waals surface area contributed by atoms with Crippen LogP contribution in [0.5, 0.6) is 0 Å². The van der Waals surface area contributed by atoms with E-state index in [9.17, 15) is 13.2 Å². The van der Waals surface area contributed by atoms with Gasteiger partial charge in [0.05, 0.1) is 4.90 Å². The first kappa shape index (κ1) is 17.9. The third kappa shape index (κ3) is 3.18. The summed E-state index contributed by atoms with van der Waals surface area (Å²) in [7, 11) is -3.79. The molecule has 1 aromatic carbocycles. The number of benzene rings is 1. The van der Waals surface area contributed by atoms with E-state index in [0.29, 0.717) is 23.7 Å². The lowest BCUT2D eigenvalue weighted by Crippen LogP contribution is -2.37. The van der Waals surface area contributed by atoms with Gasteiger partial charge in [-0.2, -0.15) is 5.10 Å². The number of aromatic amines is 1. The molecule has 0 aliphatic heterocycles. The van der Waals surface area contributed by atoms with Gasteiger partial charge in [-0.15, -0.1) is 0 Å². The van der Waals surface area contributed by atoms with Gasteiger partial charge in [-0.05, 0) is 37.1 Å². The van der Waals surface area contributed by atoms with Crippen molar-refractivity contribution in [1.82, 2.24) is 10.2 Å². The summed E-state index contributed by atoms with van der Waals surface area (Å²) in [6.45, 7) is 6.04. The Labute approximate surface area is 151 Å². The number of H-pyrrole nitrogens is 1. The van der Waals surface area contributed by atoms with E-state index >= 15 is 0 Å². The molecule has 2 N–H and O–H groups in total. The number of aromatic nitrogens is 2. The Kier molecular flexibility index (Phi) is 4.20. The molecular formula is C17H20ClN3O3S. The molecule has 1 amide bonds. The van der Waals surface area contributed by atoms with Crippen LogP contribution in [0.2, 0.25) is 5.02 Å². The molecule has 0 radical (unpaired) electrons. The van der Waals surface area contributed by atoms with Crippen molar-refractivity contribution < 1.29 is 13.2 Å². The highest BCUT2D eigenvalue weighted by molar-refractivity contribution is 7.94. The van der Waals surface area contributed by atoms with Gasteiger partial charge in [-0.3, -0.25) is 9.89 Å². The van der Waals surface area contributed by atoms with Crippen LogP contribution in [0.4, 0.5) is 5.82 Å². The molecule has 25 heavy (non-hydrogen) atoms. The maximum Gasteiger partial charge on any atom is 0.247 e. The zero-order valence-corrected chi connectivity index (χ0v) is 15.8. The van der Waals surface area contributed by atoms with Crippen molar-refractivity contribution >= 4 is 33.2 Å². The van der Waals surface area contributed by atoms with E-state index in [0.717, 1.165) is 5.69 Å². The molecule has 134 valence electrons. The van der Waals surface area contributed by atoms with Crippen LogP contribution in [0.15, 0.2) is 35.2 Å². The van der Waals surface area contributed by atoms with Crippen LogP contribution in [-0.2, 0) is 20.0 Å². The van der Waals surface area contributed by atoms with Crippen molar-refractivity contribution in [2.75, 3.05) is 5.32 Å². The van der Waals surface area contributed by atoms with Crippen molar-refractivity contribution in [2.24, 2.45) is 0 Å². The summed E-state index contributed by atoms with van der Waals surface area (Å²) in [5.74, 6) is -0.220. The molecule has 0 saturated heterocycles. The van der Waals surface area contributed by atoms with E-state index in [1.54, 1.807) is 6.07 Å². The number of rotatable bonds is 4. The standard InChI is InChI=1S/C17H20ClN3O3S/c1-16(2,3)13-10-14(21-20-13)19-15(22)17(8-9-17)25(23,24)12-6-4-11(18)5-7-12/h4-7,10H,8-9H2,1-3H3,(H2,19,20,21,22). The summed E-state index contributed by atoms with van der Waals surface area (Å²) in [6.07, 6.45) is 0.584. The molecule has 0 bridgehead atoms. The van der Waals surface area contributed by atoms with Crippen LogP contribution >= 0.6 is 11.6 Å². The fourth-order valence-electron chi connectivity index (χ4n) is 2.57. The molecule has 3 rings (SSSR count). The minimum atomic E-state index is -3.79. The van der Waals surface area contributed by atoms with Crippen molar-refractivity contribution in [3.05, 3.63) is 41.0 Å². The van der Waals surface area contributed by atoms with Gasteiger partial charge in [0.15, 0.2) is 20.4 Å². The zero-order chi connectivity index (χ0) is 18.5. The van der Waals surface area contributed by atoms with Crippen LogP contribution in [0.3, 0.4) is 0 Å². The van der Waals surface area contributed by atoms with Gasteiger partial charge in [0.1, 0.15) is 0 Å². The smallest absolute Gasteiger partial charge is 0.247 e. The summed E-state index contributed by atoms with van der Waals surface area (Å²) in [5.41, 5.74) is 0.705. The van der Waals surface area contributed by atoms with Gasteiger partial charge in [0, 0.05) is 22.2 Å². The number of hydrogen-bond donors (Lipinski definition) is 2. The Morgan fingerprint density at radius 2 is 1.84 bits per heavy atom. The molecule has 0 unspecified atom stereocenters. The second kappa shape index (κ2) is 5.85. The number of hydrogen-bond acceptors (Lipinski definition) is 4. The number of halogens is 1. The fourth-order valence-corrected chi connectivity index (χ4v) is 4.58. The average Bonchev–Trinajstić information content (AvgIpc) is 3.21. The van der Waals surface area contributed by atoms with Gasteiger partial charge in [-0.25, -0.2) is 8.42 Å². The molecule has 6 nitrogen and oxygen atoms in total. The monoisotopic (exact) mass is 381 g/mol. The van der Waals surface area contributed by atoms with Crippen molar-refractivity contribution in [2.45, 2.75) is 48.7 Å². The van der Waals surface area contributed by atoms with Crippen LogP contribution in [0, 0.1) is 0 Å². The summed E-state index contributed by atoms with van der Waals surface area (Å²) >= 11 is 5.81. The number of nitrogens with zero attached hydrogens (tertiary/aromatic N) is 1. The summed E-state index contributed by atoms with van der Waals surface area (Å²) < 4.78 is 24.4. The molecule has 1 aromatic heterocycles. The third-order valence-corrected chi connectivity index (χ3v) is 7.15. The molecule has 1 heterocycles. The largest absolute Gasteiger partial charge is 0.308 e. The number of carbonyl (C=O) groups is 1. The number of anilines is 1. The molecule has 1 aliphatic carbocycles. The van der Waals surface area contributed by atoms with Crippen LogP contribution in [-0.4, -0.2) is 29.3 Å². The van der Waals surface area contributed by atoms with Gasteiger partial charge in [-0.1, -0.05) is 32.4 Å². The minimum Gasteiger partial charge on any atom is -0.308 e. The number of carbonyl (C=O) groups excluding carboxylic acids is 1. The molecule has 2 aromatic rings. The Bertz CT molecular complexity index is 907. The van der Waals surface area contributed by atoms with E-state index in [4.69, 9.17) is 11.6 Å². The van der Waals surface area contributed by atoms with Crippen LogP contribution in [0.25, 0.3) is 0 Å². The quantitative estimate of drug-likeness (QED) is 0.849. The molecule has 1 fully saturated rings. The maximum atomic E-state index is 12.9. The molecule has 0 atom stereocenters. The number of amides is 1. The maximum absolute atomic E-state index is 12.9. The van der Waals surface area contributed by atoms with Gasteiger partial charge in [0.25, 0.3) is 0 Å². The second-order valence-electron chi connectivity index (χ2n) is 7.32. The predicted molar refractivity (Wildman–Crippen MR) is 96.5 cm³/mol. The number of sulfone groups is 1. The first-order valence-electron chi connectivity index (χ1n) is 7.94. The summed E-state index contributed by atoms with van der Waals surface area (Å²) in [5, 5.41) is 10.0. The van der Waals surface area contributed by atoms with Gasteiger partial charge < -0.3 is 5.32 Å². The van der Waals surface area contributed by atoms with E-state index in [1.807, 2.05) is 20.8 Å². The highest BCUT2D eigenvalue weighted by Gasteiger charge is 2.61. The van der Waals surface area contributed by atoms with Crippen molar-refractivity contribution in [3.63, 3.8) is 0 Å². The van der Waals surface area contributed by atoms with Crippen LogP contribution in [0.1, 0.15) is 39.3 Å². The first-order valence-corrected chi connectivity index (χ1v) is 9.80. The summed E-state index contributed by atoms with van der Waals surface area (Å²) in [4.78, 5) is 12.8. The molecular weight excluding hydrogens is 362 g/mol. The Hall–Kier alpha value is -1.86. The van der Waals surface area contributed by atoms with Crippen molar-refractivity contribution in [1.29, 1.82) is 0 Å². The van der Waals surface area contributed by atoms with E-state index in [2.05, 4.69) is 15.5 Å². The topological polar surface area (TPSA) is 91.9 Å². The molecule has 1 aliphatic rings. The highest BCUT2D eigenvalue weighted by atomic mass is 35.5. The predicted octanol–water partition coefficient (Wildman–Crippen LogP) is 3.31. The van der Waals surface area contributed by atoms with E-state index < -0.39 is 20.5 Å². The zero-order valence-electron chi connectivity index (χ0n) is 14.3. The lowest BCUT2D eigenvalue weighted by molar-refractivity contribution is -0.116. The fraction of sp³-hybridized carbons (Fsp3) is 0.412. The number of nitrogens with one attached hydrogen (secondary N) is 2. The molecule has 8 heteroatoms. The van der Waals surface area contributed by atoms with Crippen LogP contribution < -0.4 is 5.32 Å².